The number of hydrogen-bond acceptors (Lipinski definition) is 2. The number of nitrogens with zero attached hydrogens (tertiary/aromatic N) is 1. The minimum absolute atomic E-state index is 0.0525. The van der Waals surface area contributed by atoms with Crippen LogP contribution in [0.5, 0.6) is 5.75 Å². The van der Waals surface area contributed by atoms with Crippen molar-refractivity contribution in [3.8, 4) is 5.75 Å². The molecule has 3 rings (SSSR count). The molecule has 1 heterocycles. The molecule has 2 aromatic rings. The first-order valence-electron chi connectivity index (χ1n) is 7.56. The van der Waals surface area contributed by atoms with Crippen LogP contribution in [0.15, 0.2) is 59.1 Å². The third kappa shape index (κ3) is 3.48. The van der Waals surface area contributed by atoms with E-state index in [4.69, 9.17) is 4.74 Å². The third-order valence-electron chi connectivity index (χ3n) is 4.04. The van der Waals surface area contributed by atoms with Gasteiger partial charge >= 0.3 is 0 Å². The second-order valence-corrected chi connectivity index (χ2v) is 6.30. The predicted octanol–water partition coefficient (Wildman–Crippen LogP) is 4.39. The summed E-state index contributed by atoms with van der Waals surface area (Å²) < 4.78 is 6.00. The monoisotopic (exact) mass is 371 g/mol. The third-order valence-corrected chi connectivity index (χ3v) is 4.66. The van der Waals surface area contributed by atoms with Gasteiger partial charge < -0.3 is 9.64 Å². The maximum Gasteiger partial charge on any atom is 0.254 e. The van der Waals surface area contributed by atoms with Crippen molar-refractivity contribution in [1.29, 1.82) is 0 Å². The molecule has 0 saturated carbocycles. The van der Waals surface area contributed by atoms with Crippen molar-refractivity contribution in [3.63, 3.8) is 0 Å². The molecule has 0 unspecified atom stereocenters. The van der Waals surface area contributed by atoms with Crippen LogP contribution in [0.25, 0.3) is 5.57 Å². The summed E-state index contributed by atoms with van der Waals surface area (Å²) in [5, 5.41) is 0. The van der Waals surface area contributed by atoms with E-state index in [1.54, 1.807) is 7.11 Å². The van der Waals surface area contributed by atoms with E-state index in [1.165, 1.54) is 11.1 Å². The Hall–Kier alpha value is -2.07. The molecule has 118 valence electrons. The molecular weight excluding hydrogens is 354 g/mol. The molecule has 1 aliphatic rings. The molecule has 0 saturated heterocycles. The topological polar surface area (TPSA) is 29.5 Å². The average molecular weight is 372 g/mol. The summed E-state index contributed by atoms with van der Waals surface area (Å²) in [5.41, 5.74) is 3.23. The fourth-order valence-corrected chi connectivity index (χ4v) is 3.29. The average Bonchev–Trinajstić information content (AvgIpc) is 2.62. The normalized spacial score (nSPS) is 14.3. The predicted molar refractivity (Wildman–Crippen MR) is 95.6 cm³/mol. The number of methoxy groups -OCH3 is 1. The number of ether oxygens (including phenoxy) is 1. The summed E-state index contributed by atoms with van der Waals surface area (Å²) in [4.78, 5) is 14.5. The van der Waals surface area contributed by atoms with Gasteiger partial charge in [-0.1, -0.05) is 36.4 Å². The molecule has 3 nitrogen and oxygen atoms in total. The molecule has 0 atom stereocenters. The van der Waals surface area contributed by atoms with E-state index >= 15 is 0 Å². The van der Waals surface area contributed by atoms with Gasteiger partial charge in [-0.3, -0.25) is 4.79 Å². The maximum atomic E-state index is 12.6. The van der Waals surface area contributed by atoms with Crippen LogP contribution in [0.3, 0.4) is 0 Å². The Morgan fingerprint density at radius 2 is 1.96 bits per heavy atom. The highest BCUT2D eigenvalue weighted by Crippen LogP contribution is 2.27. The van der Waals surface area contributed by atoms with Crippen molar-refractivity contribution in [2.24, 2.45) is 0 Å². The van der Waals surface area contributed by atoms with Crippen molar-refractivity contribution < 1.29 is 9.53 Å². The zero-order valence-electron chi connectivity index (χ0n) is 13.0. The molecule has 0 spiro atoms. The molecule has 0 N–H and O–H groups in total. The number of carbonyl (C=O) groups excluding carboxylic acids is 1. The summed E-state index contributed by atoms with van der Waals surface area (Å²) >= 11 is 3.43. The summed E-state index contributed by atoms with van der Waals surface area (Å²) in [6.45, 7) is 1.38. The molecule has 0 bridgehead atoms. The highest BCUT2D eigenvalue weighted by molar-refractivity contribution is 9.10. The first kappa shape index (κ1) is 15.8. The van der Waals surface area contributed by atoms with Gasteiger partial charge in [0.15, 0.2) is 0 Å². The Morgan fingerprint density at radius 1 is 1.17 bits per heavy atom. The van der Waals surface area contributed by atoms with E-state index in [0.717, 1.165) is 23.2 Å². The molecule has 1 amide bonds. The standard InChI is InChI=1S/C19H18BrNO2/c1-23-18-8-7-16(13-17(18)20)19(22)21-11-9-15(10-12-21)14-5-3-2-4-6-14/h2-9,13H,10-12H2,1H3. The SMILES string of the molecule is COc1ccc(C(=O)N2CC=C(c3ccccc3)CC2)cc1Br. The van der Waals surface area contributed by atoms with Crippen LogP contribution in [0, 0.1) is 0 Å². The van der Waals surface area contributed by atoms with Gasteiger partial charge in [0.05, 0.1) is 11.6 Å². The molecule has 0 aliphatic carbocycles. The van der Waals surface area contributed by atoms with Gasteiger partial charge in [0.1, 0.15) is 5.75 Å². The number of rotatable bonds is 3. The quantitative estimate of drug-likeness (QED) is 0.800. The molecule has 1 aliphatic heterocycles. The van der Waals surface area contributed by atoms with Gasteiger partial charge in [0.2, 0.25) is 0 Å². The lowest BCUT2D eigenvalue weighted by molar-refractivity contribution is 0.0773. The van der Waals surface area contributed by atoms with Crippen molar-refractivity contribution in [1.82, 2.24) is 4.90 Å². The van der Waals surface area contributed by atoms with Gasteiger partial charge in [0, 0.05) is 18.7 Å². The van der Waals surface area contributed by atoms with Gasteiger partial charge in [0.25, 0.3) is 5.91 Å². The Balaban J connectivity index is 1.73. The second-order valence-electron chi connectivity index (χ2n) is 5.45. The minimum Gasteiger partial charge on any atom is -0.496 e. The van der Waals surface area contributed by atoms with Crippen LogP contribution >= 0.6 is 15.9 Å². The number of amides is 1. The Kier molecular flexibility index (Phi) is 4.82. The molecule has 0 radical (unpaired) electrons. The Labute approximate surface area is 144 Å². The van der Waals surface area contributed by atoms with E-state index in [9.17, 15) is 4.79 Å². The molecular formula is C19H18BrNO2. The van der Waals surface area contributed by atoms with Crippen LogP contribution < -0.4 is 4.74 Å². The van der Waals surface area contributed by atoms with Gasteiger partial charge in [-0.15, -0.1) is 0 Å². The lowest BCUT2D eigenvalue weighted by Crippen LogP contribution is -2.34. The molecule has 23 heavy (non-hydrogen) atoms. The van der Waals surface area contributed by atoms with Crippen molar-refractivity contribution >= 4 is 27.4 Å². The number of benzene rings is 2. The van der Waals surface area contributed by atoms with E-state index < -0.39 is 0 Å². The smallest absolute Gasteiger partial charge is 0.254 e. The fraction of sp³-hybridized carbons (Fsp3) is 0.211. The fourth-order valence-electron chi connectivity index (χ4n) is 2.75. The van der Waals surface area contributed by atoms with E-state index in [2.05, 4.69) is 34.1 Å². The summed E-state index contributed by atoms with van der Waals surface area (Å²) in [7, 11) is 1.61. The van der Waals surface area contributed by atoms with Gasteiger partial charge in [-0.2, -0.15) is 0 Å². The highest BCUT2D eigenvalue weighted by atomic mass is 79.9. The van der Waals surface area contributed by atoms with Gasteiger partial charge in [-0.25, -0.2) is 0 Å². The van der Waals surface area contributed by atoms with E-state index in [1.807, 2.05) is 41.3 Å². The number of hydrogen-bond donors (Lipinski definition) is 0. The largest absolute Gasteiger partial charge is 0.496 e. The van der Waals surface area contributed by atoms with Crippen LogP contribution in [0.4, 0.5) is 0 Å². The summed E-state index contributed by atoms with van der Waals surface area (Å²) in [5.74, 6) is 0.781. The minimum atomic E-state index is 0.0525. The van der Waals surface area contributed by atoms with Crippen molar-refractivity contribution in [2.75, 3.05) is 20.2 Å². The molecule has 0 fully saturated rings. The van der Waals surface area contributed by atoms with Crippen LogP contribution in [-0.2, 0) is 0 Å². The van der Waals surface area contributed by atoms with Crippen LogP contribution in [-0.4, -0.2) is 31.0 Å². The lowest BCUT2D eigenvalue weighted by Gasteiger charge is -2.27. The second kappa shape index (κ2) is 7.01. The van der Waals surface area contributed by atoms with Crippen LogP contribution in [0.1, 0.15) is 22.3 Å². The van der Waals surface area contributed by atoms with Crippen molar-refractivity contribution in [3.05, 3.63) is 70.2 Å². The van der Waals surface area contributed by atoms with Crippen LogP contribution in [0.2, 0.25) is 0 Å². The first-order valence-corrected chi connectivity index (χ1v) is 8.35. The maximum absolute atomic E-state index is 12.6. The van der Waals surface area contributed by atoms with E-state index in [-0.39, 0.29) is 5.91 Å². The van der Waals surface area contributed by atoms with Crippen molar-refractivity contribution in [2.45, 2.75) is 6.42 Å². The number of halogens is 1. The zero-order chi connectivity index (χ0) is 16.2. The van der Waals surface area contributed by atoms with E-state index in [0.29, 0.717) is 12.1 Å². The molecule has 0 aromatic heterocycles. The van der Waals surface area contributed by atoms with Gasteiger partial charge in [-0.05, 0) is 51.7 Å². The summed E-state index contributed by atoms with van der Waals surface area (Å²) in [6, 6.07) is 15.8. The Morgan fingerprint density at radius 3 is 2.57 bits per heavy atom. The number of carbonyl (C=O) groups is 1. The molecule has 2 aromatic carbocycles. The lowest BCUT2D eigenvalue weighted by atomic mass is 9.99. The zero-order valence-corrected chi connectivity index (χ0v) is 14.5. The first-order chi connectivity index (χ1) is 11.2. The highest BCUT2D eigenvalue weighted by Gasteiger charge is 2.20. The Bertz CT molecular complexity index is 740. The summed E-state index contributed by atoms with van der Waals surface area (Å²) in [6.07, 6.45) is 3.03. The molecule has 4 heteroatoms.